The third kappa shape index (κ3) is 2.47. The van der Waals surface area contributed by atoms with E-state index in [-0.39, 0.29) is 18.0 Å². The van der Waals surface area contributed by atoms with Gasteiger partial charge in [-0.1, -0.05) is 6.07 Å². The molecule has 0 atom stereocenters. The minimum Gasteiger partial charge on any atom is -0.469 e. The molecule has 4 nitrogen and oxygen atoms in total. The molecule has 0 spiro atoms. The standard InChI is InChI=1S/C13H11NO3/c1-9-10(5-7-17-9)12(15)8-13(16)11-4-2-3-6-14-11/h2-7H,8H2,1H3. The van der Waals surface area contributed by atoms with Crippen LogP contribution in [-0.4, -0.2) is 16.6 Å². The molecule has 0 saturated carbocycles. The molecule has 0 bridgehead atoms. The number of carbonyl (C=O) groups excluding carboxylic acids is 2. The van der Waals surface area contributed by atoms with Crippen LogP contribution in [0, 0.1) is 6.92 Å². The van der Waals surface area contributed by atoms with Gasteiger partial charge in [-0.3, -0.25) is 14.6 Å². The molecule has 2 aromatic heterocycles. The highest BCUT2D eigenvalue weighted by Gasteiger charge is 2.17. The molecule has 0 aliphatic rings. The monoisotopic (exact) mass is 229 g/mol. The van der Waals surface area contributed by atoms with Gasteiger partial charge in [-0.2, -0.15) is 0 Å². The van der Waals surface area contributed by atoms with Crippen molar-refractivity contribution in [2.75, 3.05) is 0 Å². The first-order valence-electron chi connectivity index (χ1n) is 5.20. The summed E-state index contributed by atoms with van der Waals surface area (Å²) < 4.78 is 5.03. The van der Waals surface area contributed by atoms with E-state index in [1.807, 2.05) is 0 Å². The Kier molecular flexibility index (Phi) is 3.14. The van der Waals surface area contributed by atoms with Gasteiger partial charge in [0, 0.05) is 6.20 Å². The molecular formula is C13H11NO3. The Hall–Kier alpha value is -2.23. The van der Waals surface area contributed by atoms with Crippen LogP contribution in [0.1, 0.15) is 33.0 Å². The van der Waals surface area contributed by atoms with Gasteiger partial charge in [0.25, 0.3) is 0 Å². The van der Waals surface area contributed by atoms with E-state index in [1.54, 1.807) is 31.2 Å². The lowest BCUT2D eigenvalue weighted by atomic mass is 10.1. The Labute approximate surface area is 98.3 Å². The van der Waals surface area contributed by atoms with Crippen LogP contribution in [0.15, 0.2) is 41.1 Å². The number of Topliss-reactive ketones (excluding diaryl/α,β-unsaturated/α-hetero) is 2. The van der Waals surface area contributed by atoms with E-state index in [0.29, 0.717) is 17.0 Å². The predicted molar refractivity (Wildman–Crippen MR) is 61.0 cm³/mol. The van der Waals surface area contributed by atoms with Gasteiger partial charge in [0.15, 0.2) is 11.6 Å². The predicted octanol–water partition coefficient (Wildman–Crippen LogP) is 2.44. The van der Waals surface area contributed by atoms with Crippen LogP contribution in [-0.2, 0) is 0 Å². The van der Waals surface area contributed by atoms with Gasteiger partial charge in [0.05, 0.1) is 18.2 Å². The average Bonchev–Trinajstić information content (AvgIpc) is 2.76. The van der Waals surface area contributed by atoms with Crippen LogP contribution in [0.25, 0.3) is 0 Å². The van der Waals surface area contributed by atoms with Crippen LogP contribution in [0.2, 0.25) is 0 Å². The second-order valence-corrected chi connectivity index (χ2v) is 3.63. The molecule has 0 N–H and O–H groups in total. The molecule has 17 heavy (non-hydrogen) atoms. The lowest BCUT2D eigenvalue weighted by Gasteiger charge is -1.99. The number of pyridine rings is 1. The molecule has 2 heterocycles. The Morgan fingerprint density at radius 1 is 1.24 bits per heavy atom. The van der Waals surface area contributed by atoms with Crippen molar-refractivity contribution in [1.82, 2.24) is 4.98 Å². The Morgan fingerprint density at radius 3 is 2.65 bits per heavy atom. The zero-order valence-corrected chi connectivity index (χ0v) is 9.34. The number of aromatic nitrogens is 1. The fraction of sp³-hybridized carbons (Fsp3) is 0.154. The van der Waals surface area contributed by atoms with Gasteiger partial charge >= 0.3 is 0 Å². The van der Waals surface area contributed by atoms with E-state index >= 15 is 0 Å². The molecule has 2 aromatic rings. The van der Waals surface area contributed by atoms with Crippen molar-refractivity contribution in [3.63, 3.8) is 0 Å². The Balaban J connectivity index is 2.10. The molecule has 4 heteroatoms. The van der Waals surface area contributed by atoms with E-state index in [1.165, 1.54) is 12.5 Å². The van der Waals surface area contributed by atoms with Gasteiger partial charge in [-0.15, -0.1) is 0 Å². The van der Waals surface area contributed by atoms with Crippen molar-refractivity contribution >= 4 is 11.6 Å². The molecule has 0 aliphatic heterocycles. The molecule has 0 amide bonds. The third-order valence-corrected chi connectivity index (χ3v) is 2.43. The van der Waals surface area contributed by atoms with Gasteiger partial charge < -0.3 is 4.42 Å². The second kappa shape index (κ2) is 4.74. The largest absolute Gasteiger partial charge is 0.469 e. The number of rotatable bonds is 4. The lowest BCUT2D eigenvalue weighted by Crippen LogP contribution is -2.10. The lowest BCUT2D eigenvalue weighted by molar-refractivity contribution is 0.0891. The number of hydrogen-bond acceptors (Lipinski definition) is 4. The van der Waals surface area contributed by atoms with Crippen molar-refractivity contribution in [2.24, 2.45) is 0 Å². The highest BCUT2D eigenvalue weighted by atomic mass is 16.3. The number of furan rings is 1. The van der Waals surface area contributed by atoms with Crippen molar-refractivity contribution in [1.29, 1.82) is 0 Å². The van der Waals surface area contributed by atoms with Gasteiger partial charge in [-0.25, -0.2) is 0 Å². The summed E-state index contributed by atoms with van der Waals surface area (Å²) in [6.07, 6.45) is 2.78. The van der Waals surface area contributed by atoms with Crippen molar-refractivity contribution in [2.45, 2.75) is 13.3 Å². The summed E-state index contributed by atoms with van der Waals surface area (Å²) in [5, 5.41) is 0. The van der Waals surface area contributed by atoms with E-state index in [2.05, 4.69) is 4.98 Å². The zero-order valence-electron chi connectivity index (χ0n) is 9.34. The normalized spacial score (nSPS) is 10.2. The van der Waals surface area contributed by atoms with E-state index in [9.17, 15) is 9.59 Å². The van der Waals surface area contributed by atoms with E-state index in [4.69, 9.17) is 4.42 Å². The highest BCUT2D eigenvalue weighted by Crippen LogP contribution is 2.12. The first-order valence-corrected chi connectivity index (χ1v) is 5.20. The average molecular weight is 229 g/mol. The Morgan fingerprint density at radius 2 is 2.06 bits per heavy atom. The molecule has 0 aliphatic carbocycles. The summed E-state index contributed by atoms with van der Waals surface area (Å²) >= 11 is 0. The summed E-state index contributed by atoms with van der Waals surface area (Å²) in [4.78, 5) is 27.5. The third-order valence-electron chi connectivity index (χ3n) is 2.43. The maximum atomic E-state index is 11.8. The number of aryl methyl sites for hydroxylation is 1. The molecule has 0 aromatic carbocycles. The summed E-state index contributed by atoms with van der Waals surface area (Å²) in [5.41, 5.74) is 0.760. The van der Waals surface area contributed by atoms with Crippen LogP contribution < -0.4 is 0 Å². The summed E-state index contributed by atoms with van der Waals surface area (Å²) in [6.45, 7) is 1.69. The van der Waals surface area contributed by atoms with Crippen LogP contribution in [0.3, 0.4) is 0 Å². The van der Waals surface area contributed by atoms with Crippen LogP contribution >= 0.6 is 0 Å². The minimum atomic E-state index is -0.281. The maximum Gasteiger partial charge on any atom is 0.188 e. The summed E-state index contributed by atoms with van der Waals surface area (Å²) in [5.74, 6) is 0.00641. The van der Waals surface area contributed by atoms with Gasteiger partial charge in [0.2, 0.25) is 0 Å². The van der Waals surface area contributed by atoms with Crippen molar-refractivity contribution in [3.8, 4) is 0 Å². The van der Waals surface area contributed by atoms with Crippen molar-refractivity contribution < 1.29 is 14.0 Å². The summed E-state index contributed by atoms with van der Waals surface area (Å²) in [7, 11) is 0. The molecule has 0 saturated heterocycles. The van der Waals surface area contributed by atoms with Crippen LogP contribution in [0.5, 0.6) is 0 Å². The maximum absolute atomic E-state index is 11.8. The van der Waals surface area contributed by atoms with Crippen LogP contribution in [0.4, 0.5) is 0 Å². The number of hydrogen-bond donors (Lipinski definition) is 0. The highest BCUT2D eigenvalue weighted by molar-refractivity contribution is 6.13. The minimum absolute atomic E-state index is 0.183. The zero-order chi connectivity index (χ0) is 12.3. The topological polar surface area (TPSA) is 60.2 Å². The van der Waals surface area contributed by atoms with E-state index < -0.39 is 0 Å². The molecule has 0 radical (unpaired) electrons. The smallest absolute Gasteiger partial charge is 0.188 e. The quantitative estimate of drug-likeness (QED) is 0.596. The Bertz CT molecular complexity index is 543. The first kappa shape index (κ1) is 11.3. The molecule has 0 unspecified atom stereocenters. The molecule has 86 valence electrons. The fourth-order valence-corrected chi connectivity index (χ4v) is 1.53. The first-order chi connectivity index (χ1) is 8.18. The number of ketones is 2. The fourth-order valence-electron chi connectivity index (χ4n) is 1.53. The number of nitrogens with zero attached hydrogens (tertiary/aromatic N) is 1. The number of carbonyl (C=O) groups is 2. The molecular weight excluding hydrogens is 218 g/mol. The molecule has 0 fully saturated rings. The SMILES string of the molecule is Cc1occc1C(=O)CC(=O)c1ccccn1. The molecule has 2 rings (SSSR count). The van der Waals surface area contributed by atoms with Crippen molar-refractivity contribution in [3.05, 3.63) is 53.7 Å². The second-order valence-electron chi connectivity index (χ2n) is 3.63. The van der Waals surface area contributed by atoms with Gasteiger partial charge in [0.1, 0.15) is 11.5 Å². The summed E-state index contributed by atoms with van der Waals surface area (Å²) in [6, 6.07) is 6.61. The van der Waals surface area contributed by atoms with E-state index in [0.717, 1.165) is 0 Å². The van der Waals surface area contributed by atoms with Gasteiger partial charge in [-0.05, 0) is 25.1 Å².